The van der Waals surface area contributed by atoms with E-state index in [1.807, 2.05) is 0 Å². The molecule has 1 aliphatic carbocycles. The molecule has 4 nitrogen and oxygen atoms in total. The highest BCUT2D eigenvalue weighted by Crippen LogP contribution is 2.39. The first-order valence-corrected chi connectivity index (χ1v) is 13.8. The van der Waals surface area contributed by atoms with Crippen molar-refractivity contribution in [2.75, 3.05) is 6.61 Å². The number of thiocarbonyl (C=S) groups is 3. The maximum atomic E-state index is 5.90. The topological polar surface area (TPSA) is 46.3 Å². The molecule has 160 valence electrons. The molecule has 1 fully saturated rings. The number of ether oxygens (including phenoxy) is 1. The summed E-state index contributed by atoms with van der Waals surface area (Å²) in [6.45, 7) is 5.23. The number of hydrogen-bond donors (Lipinski definition) is 0. The second-order valence-corrected chi connectivity index (χ2v) is 11.2. The van der Waals surface area contributed by atoms with Gasteiger partial charge in [-0.1, -0.05) is 32.4 Å². The molecule has 0 N–H and O–H groups in total. The van der Waals surface area contributed by atoms with Crippen LogP contribution in [-0.4, -0.2) is 30.6 Å². The first-order chi connectivity index (χ1) is 14.6. The highest BCUT2D eigenvalue weighted by atomic mass is 32.1. The number of isothiocyanates is 3. The van der Waals surface area contributed by atoms with Crippen molar-refractivity contribution < 1.29 is 4.74 Å². The van der Waals surface area contributed by atoms with E-state index < -0.39 is 8.56 Å². The SMILES string of the molecule is CCC(C)[C@H]1CC[C@H](c2ccc(OCCC[Si](N=C=S)(N=C=S)N=C=S)cc2)CC1. The highest BCUT2D eigenvalue weighted by Gasteiger charge is 2.34. The van der Waals surface area contributed by atoms with E-state index in [2.05, 4.69) is 67.6 Å². The van der Waals surface area contributed by atoms with Crippen LogP contribution >= 0.6 is 36.7 Å². The van der Waals surface area contributed by atoms with Crippen LogP contribution in [0, 0.1) is 11.8 Å². The number of benzene rings is 1. The summed E-state index contributed by atoms with van der Waals surface area (Å²) in [5.74, 6) is 3.30. The molecule has 2 rings (SSSR count). The van der Waals surface area contributed by atoms with Crippen LogP contribution in [0.25, 0.3) is 0 Å². The van der Waals surface area contributed by atoms with E-state index in [1.165, 1.54) is 37.7 Å². The molecule has 0 radical (unpaired) electrons. The molecule has 1 atom stereocenters. The lowest BCUT2D eigenvalue weighted by atomic mass is 9.74. The molecule has 0 amide bonds. The third kappa shape index (κ3) is 7.40. The third-order valence-electron chi connectivity index (χ3n) is 6.17. The number of hydrogen-bond acceptors (Lipinski definition) is 7. The van der Waals surface area contributed by atoms with Gasteiger partial charge in [0.1, 0.15) is 5.75 Å². The summed E-state index contributed by atoms with van der Waals surface area (Å²) >= 11 is 14.2. The summed E-state index contributed by atoms with van der Waals surface area (Å²) in [6.07, 6.45) is 7.28. The van der Waals surface area contributed by atoms with Crippen molar-refractivity contribution in [2.45, 2.75) is 64.3 Å². The molecular formula is C22H29N3OS3Si. The van der Waals surface area contributed by atoms with E-state index in [9.17, 15) is 0 Å². The van der Waals surface area contributed by atoms with E-state index in [-0.39, 0.29) is 0 Å². The highest BCUT2D eigenvalue weighted by molar-refractivity contribution is 7.78. The lowest BCUT2D eigenvalue weighted by Gasteiger charge is -2.32. The van der Waals surface area contributed by atoms with Crippen molar-refractivity contribution in [2.24, 2.45) is 25.8 Å². The van der Waals surface area contributed by atoms with Gasteiger partial charge in [0, 0.05) is 6.04 Å². The van der Waals surface area contributed by atoms with Crippen LogP contribution in [0.5, 0.6) is 5.75 Å². The van der Waals surface area contributed by atoms with Gasteiger partial charge >= 0.3 is 8.56 Å². The largest absolute Gasteiger partial charge is 0.494 e. The lowest BCUT2D eigenvalue weighted by Crippen LogP contribution is -2.28. The molecule has 30 heavy (non-hydrogen) atoms. The summed E-state index contributed by atoms with van der Waals surface area (Å²) in [7, 11) is -2.83. The summed E-state index contributed by atoms with van der Waals surface area (Å²) in [5.41, 5.74) is 1.43. The Kier molecular flexibility index (Phi) is 10.9. The normalized spacial score (nSPS) is 21.1. The Hall–Kier alpha value is -1.36. The Morgan fingerprint density at radius 2 is 1.57 bits per heavy atom. The maximum absolute atomic E-state index is 5.90. The minimum atomic E-state index is -2.83. The fourth-order valence-electron chi connectivity index (χ4n) is 4.15. The van der Waals surface area contributed by atoms with Crippen LogP contribution < -0.4 is 4.74 Å². The van der Waals surface area contributed by atoms with Gasteiger partial charge in [0.2, 0.25) is 0 Å². The number of rotatable bonds is 11. The summed E-state index contributed by atoms with van der Waals surface area (Å²) < 4.78 is 18.3. The van der Waals surface area contributed by atoms with Gasteiger partial charge in [0.05, 0.1) is 22.1 Å². The summed E-state index contributed by atoms with van der Waals surface area (Å²) in [5, 5.41) is 7.07. The average Bonchev–Trinajstić information content (AvgIpc) is 2.77. The molecule has 0 spiro atoms. The van der Waals surface area contributed by atoms with Gasteiger partial charge in [-0.05, 0) is 104 Å². The predicted octanol–water partition coefficient (Wildman–Crippen LogP) is 7.02. The first kappa shape index (κ1) is 24.9. The van der Waals surface area contributed by atoms with Gasteiger partial charge in [-0.25, -0.2) is 14.0 Å². The van der Waals surface area contributed by atoms with Crippen molar-refractivity contribution in [1.29, 1.82) is 0 Å². The van der Waals surface area contributed by atoms with E-state index in [0.717, 1.165) is 17.6 Å². The van der Waals surface area contributed by atoms with Gasteiger partial charge in [-0.3, -0.25) is 0 Å². The lowest BCUT2D eigenvalue weighted by molar-refractivity contribution is 0.240. The van der Waals surface area contributed by atoms with Crippen LogP contribution in [0.2, 0.25) is 6.04 Å². The quantitative estimate of drug-likeness (QED) is 0.149. The van der Waals surface area contributed by atoms with E-state index >= 15 is 0 Å². The molecule has 0 aromatic heterocycles. The fraction of sp³-hybridized carbons (Fsp3) is 0.591. The van der Waals surface area contributed by atoms with E-state index in [1.54, 1.807) is 0 Å². The fourth-order valence-corrected chi connectivity index (χ4v) is 7.01. The van der Waals surface area contributed by atoms with Crippen molar-refractivity contribution in [1.82, 2.24) is 0 Å². The second-order valence-electron chi connectivity index (χ2n) is 7.90. The minimum Gasteiger partial charge on any atom is -0.494 e. The van der Waals surface area contributed by atoms with Gasteiger partial charge in [0.25, 0.3) is 0 Å². The van der Waals surface area contributed by atoms with Gasteiger partial charge in [-0.15, -0.1) is 0 Å². The van der Waals surface area contributed by atoms with Crippen LogP contribution in [0.15, 0.2) is 38.2 Å². The maximum Gasteiger partial charge on any atom is 0.461 e. The Labute approximate surface area is 197 Å². The van der Waals surface area contributed by atoms with Gasteiger partial charge < -0.3 is 4.74 Å². The Morgan fingerprint density at radius 3 is 2.07 bits per heavy atom. The molecule has 0 aliphatic heterocycles. The molecule has 1 saturated carbocycles. The molecule has 1 aromatic carbocycles. The van der Waals surface area contributed by atoms with Crippen LogP contribution in [0.1, 0.15) is 63.9 Å². The van der Waals surface area contributed by atoms with Gasteiger partial charge in [-0.2, -0.15) is 0 Å². The molecule has 0 bridgehead atoms. The Bertz CT molecular complexity index is 775. The van der Waals surface area contributed by atoms with E-state index in [4.69, 9.17) is 41.4 Å². The molecular weight excluding hydrogens is 447 g/mol. The predicted molar refractivity (Wildman–Crippen MR) is 136 cm³/mol. The summed E-state index contributed by atoms with van der Waals surface area (Å²) in [4.78, 5) is 0. The summed E-state index contributed by atoms with van der Waals surface area (Å²) in [6, 6.07) is 9.14. The zero-order valence-electron chi connectivity index (χ0n) is 17.7. The molecule has 0 heterocycles. The van der Waals surface area contributed by atoms with Crippen molar-refractivity contribution in [3.05, 3.63) is 29.8 Å². The van der Waals surface area contributed by atoms with Crippen LogP contribution in [0.3, 0.4) is 0 Å². The zero-order valence-corrected chi connectivity index (χ0v) is 21.1. The minimum absolute atomic E-state index is 0.529. The van der Waals surface area contributed by atoms with Crippen LogP contribution in [-0.2, 0) is 0 Å². The number of nitrogens with zero attached hydrogens (tertiary/aromatic N) is 3. The zero-order chi connectivity index (χ0) is 21.8. The Morgan fingerprint density at radius 1 is 1.00 bits per heavy atom. The second kappa shape index (κ2) is 13.1. The average molecular weight is 476 g/mol. The smallest absolute Gasteiger partial charge is 0.461 e. The van der Waals surface area contributed by atoms with Crippen molar-refractivity contribution >= 4 is 60.7 Å². The monoisotopic (exact) mass is 475 g/mol. The van der Waals surface area contributed by atoms with Crippen molar-refractivity contribution in [3.63, 3.8) is 0 Å². The van der Waals surface area contributed by atoms with Crippen LogP contribution in [0.4, 0.5) is 0 Å². The molecule has 0 saturated heterocycles. The standard InChI is InChI=1S/C22H29N3OS3Si/c1-3-18(2)19-5-7-20(8-6-19)21-9-11-22(12-10-21)26-13-4-14-30(23-15-27,24-16-28)25-17-29/h9-12,18-20H,3-8,13-14H2,1-2H3/t18?,19-,20-. The first-order valence-electron chi connectivity index (χ1n) is 10.6. The van der Waals surface area contributed by atoms with Gasteiger partial charge in [0.15, 0.2) is 0 Å². The molecule has 1 aliphatic rings. The van der Waals surface area contributed by atoms with Crippen molar-refractivity contribution in [3.8, 4) is 5.75 Å². The van der Waals surface area contributed by atoms with E-state index in [0.29, 0.717) is 25.0 Å². The third-order valence-corrected chi connectivity index (χ3v) is 9.37. The molecule has 1 unspecified atom stereocenters. The molecule has 1 aromatic rings. The Balaban J connectivity index is 1.84. The molecule has 8 heteroatoms.